The van der Waals surface area contributed by atoms with E-state index in [9.17, 15) is 22.0 Å². The van der Waals surface area contributed by atoms with E-state index in [0.717, 1.165) is 18.2 Å². The van der Waals surface area contributed by atoms with Gasteiger partial charge in [0, 0.05) is 17.8 Å². The third kappa shape index (κ3) is 3.66. The Hall–Kier alpha value is -2.22. The third-order valence-electron chi connectivity index (χ3n) is 2.62. The summed E-state index contributed by atoms with van der Waals surface area (Å²) in [4.78, 5) is 3.70. The number of nitrogens with two attached hydrogens (primary N) is 1. The fourth-order valence-corrected chi connectivity index (χ4v) is 1.73. The summed E-state index contributed by atoms with van der Waals surface area (Å²) in [5.74, 6) is -2.51. The highest BCUT2D eigenvalue weighted by molar-refractivity contribution is 5.34. The van der Waals surface area contributed by atoms with Gasteiger partial charge in [0.15, 0.2) is 0 Å². The van der Waals surface area contributed by atoms with Gasteiger partial charge in [-0.2, -0.15) is 0 Å². The molecule has 0 amide bonds. The zero-order chi connectivity index (χ0) is 15.6. The lowest BCUT2D eigenvalue weighted by atomic mass is 10.0. The van der Waals surface area contributed by atoms with Gasteiger partial charge in [-0.05, 0) is 18.2 Å². The van der Waals surface area contributed by atoms with Gasteiger partial charge in [0.25, 0.3) is 0 Å². The van der Waals surface area contributed by atoms with Gasteiger partial charge >= 0.3 is 6.36 Å². The highest BCUT2D eigenvalue weighted by atomic mass is 19.4. The summed E-state index contributed by atoms with van der Waals surface area (Å²) in [6.45, 7) is 0. The summed E-state index contributed by atoms with van der Waals surface area (Å²) in [5.41, 5.74) is 5.29. The van der Waals surface area contributed by atoms with Crippen LogP contribution in [0.15, 0.2) is 36.5 Å². The second-order valence-corrected chi connectivity index (χ2v) is 4.08. The number of halogens is 5. The number of hydrogen-bond donors (Lipinski definition) is 1. The normalized spacial score (nSPS) is 13.0. The van der Waals surface area contributed by atoms with E-state index in [0.29, 0.717) is 6.07 Å². The van der Waals surface area contributed by atoms with Crippen LogP contribution < -0.4 is 10.5 Å². The Morgan fingerprint density at radius 2 is 1.81 bits per heavy atom. The molecule has 0 aliphatic rings. The largest absolute Gasteiger partial charge is 0.573 e. The number of benzene rings is 1. The smallest absolute Gasteiger partial charge is 0.406 e. The van der Waals surface area contributed by atoms with Gasteiger partial charge in [0.05, 0.1) is 11.7 Å². The molecule has 1 unspecified atom stereocenters. The molecule has 0 saturated carbocycles. The molecule has 1 atom stereocenters. The Morgan fingerprint density at radius 3 is 2.38 bits per heavy atom. The van der Waals surface area contributed by atoms with Crippen LogP contribution in [-0.2, 0) is 0 Å². The molecule has 0 radical (unpaired) electrons. The molecule has 0 aliphatic carbocycles. The number of ether oxygens (including phenoxy) is 1. The summed E-state index contributed by atoms with van der Waals surface area (Å²) >= 11 is 0. The Labute approximate surface area is 116 Å². The van der Waals surface area contributed by atoms with Gasteiger partial charge < -0.3 is 10.5 Å². The number of hydrogen-bond acceptors (Lipinski definition) is 3. The van der Waals surface area contributed by atoms with E-state index in [4.69, 9.17) is 5.73 Å². The molecule has 1 aromatic carbocycles. The Kier molecular flexibility index (Phi) is 4.08. The fraction of sp³-hybridized carbons (Fsp3) is 0.154. The van der Waals surface area contributed by atoms with Gasteiger partial charge in [-0.3, -0.25) is 4.98 Å². The molecular weight excluding hydrogens is 295 g/mol. The van der Waals surface area contributed by atoms with E-state index < -0.39 is 29.8 Å². The maximum atomic E-state index is 13.8. The first-order chi connectivity index (χ1) is 9.78. The summed E-state index contributed by atoms with van der Waals surface area (Å²) in [6.07, 6.45) is -3.65. The van der Waals surface area contributed by atoms with Gasteiger partial charge in [-0.15, -0.1) is 13.2 Å². The molecule has 2 aromatic rings. The Balaban J connectivity index is 2.31. The maximum Gasteiger partial charge on any atom is 0.573 e. The number of pyridine rings is 1. The van der Waals surface area contributed by atoms with Crippen LogP contribution in [-0.4, -0.2) is 11.3 Å². The third-order valence-corrected chi connectivity index (χ3v) is 2.62. The number of nitrogens with zero attached hydrogens (tertiary/aromatic N) is 1. The molecule has 112 valence electrons. The van der Waals surface area contributed by atoms with E-state index in [2.05, 4.69) is 9.72 Å². The van der Waals surface area contributed by atoms with Gasteiger partial charge in [-0.1, -0.05) is 6.07 Å². The molecular formula is C13H9F5N2O. The lowest BCUT2D eigenvalue weighted by Crippen LogP contribution is -2.19. The van der Waals surface area contributed by atoms with Crippen molar-refractivity contribution in [1.29, 1.82) is 0 Å². The van der Waals surface area contributed by atoms with Crippen LogP contribution in [0.2, 0.25) is 0 Å². The summed E-state index contributed by atoms with van der Waals surface area (Å²) in [7, 11) is 0. The fourth-order valence-electron chi connectivity index (χ4n) is 1.73. The van der Waals surface area contributed by atoms with Crippen molar-refractivity contribution >= 4 is 0 Å². The quantitative estimate of drug-likeness (QED) is 0.885. The highest BCUT2D eigenvalue weighted by Crippen LogP contribution is 2.28. The van der Waals surface area contributed by atoms with Crippen molar-refractivity contribution in [1.82, 2.24) is 4.98 Å². The van der Waals surface area contributed by atoms with Crippen LogP contribution in [0.5, 0.6) is 5.75 Å². The van der Waals surface area contributed by atoms with Crippen LogP contribution in [0.3, 0.4) is 0 Å². The lowest BCUT2D eigenvalue weighted by Gasteiger charge is -2.15. The number of rotatable bonds is 3. The molecule has 0 spiro atoms. The molecule has 21 heavy (non-hydrogen) atoms. The van der Waals surface area contributed by atoms with Crippen LogP contribution in [0.25, 0.3) is 0 Å². The van der Waals surface area contributed by atoms with Crippen molar-refractivity contribution in [3.8, 4) is 5.75 Å². The second kappa shape index (κ2) is 5.65. The number of aromatic nitrogens is 1. The highest BCUT2D eigenvalue weighted by Gasteiger charge is 2.31. The molecule has 2 N–H and O–H groups in total. The van der Waals surface area contributed by atoms with Crippen molar-refractivity contribution in [3.63, 3.8) is 0 Å². The molecule has 0 bridgehead atoms. The van der Waals surface area contributed by atoms with E-state index in [1.54, 1.807) is 0 Å². The molecule has 0 saturated heterocycles. The van der Waals surface area contributed by atoms with Crippen molar-refractivity contribution < 1.29 is 26.7 Å². The monoisotopic (exact) mass is 304 g/mol. The van der Waals surface area contributed by atoms with Crippen LogP contribution in [0, 0.1) is 11.6 Å². The first-order valence-electron chi connectivity index (χ1n) is 5.69. The minimum absolute atomic E-state index is 0.192. The Morgan fingerprint density at radius 1 is 1.10 bits per heavy atom. The molecule has 2 rings (SSSR count). The van der Waals surface area contributed by atoms with E-state index in [-0.39, 0.29) is 11.3 Å². The topological polar surface area (TPSA) is 48.1 Å². The molecule has 0 fully saturated rings. The van der Waals surface area contributed by atoms with Crippen molar-refractivity contribution in [3.05, 3.63) is 59.4 Å². The summed E-state index contributed by atoms with van der Waals surface area (Å²) in [5, 5.41) is 0. The predicted molar refractivity (Wildman–Crippen MR) is 63.3 cm³/mol. The Bertz CT molecular complexity index is 645. The molecule has 1 aromatic heterocycles. The molecule has 1 heterocycles. The first-order valence-corrected chi connectivity index (χ1v) is 5.69. The van der Waals surface area contributed by atoms with Gasteiger partial charge in [0.1, 0.15) is 17.4 Å². The standard InChI is InChI=1S/C13H9F5N2O/c14-9-2-1-5-20-12(9)11(19)8-4-3-7(6-10(8)15)21-13(16,17)18/h1-6,11H,19H2. The SMILES string of the molecule is NC(c1ccc(OC(F)(F)F)cc1F)c1ncccc1F. The summed E-state index contributed by atoms with van der Waals surface area (Å²) < 4.78 is 67.0. The van der Waals surface area contributed by atoms with E-state index in [1.165, 1.54) is 12.3 Å². The minimum atomic E-state index is -4.93. The molecule has 0 aliphatic heterocycles. The zero-order valence-corrected chi connectivity index (χ0v) is 10.4. The minimum Gasteiger partial charge on any atom is -0.406 e. The molecule has 3 nitrogen and oxygen atoms in total. The van der Waals surface area contributed by atoms with Crippen LogP contribution in [0.4, 0.5) is 22.0 Å². The van der Waals surface area contributed by atoms with Crippen molar-refractivity contribution in [2.75, 3.05) is 0 Å². The second-order valence-electron chi connectivity index (χ2n) is 4.08. The van der Waals surface area contributed by atoms with Crippen molar-refractivity contribution in [2.45, 2.75) is 12.4 Å². The van der Waals surface area contributed by atoms with E-state index >= 15 is 0 Å². The van der Waals surface area contributed by atoms with Crippen LogP contribution in [0.1, 0.15) is 17.3 Å². The average Bonchev–Trinajstić information content (AvgIpc) is 2.37. The van der Waals surface area contributed by atoms with E-state index in [1.807, 2.05) is 0 Å². The van der Waals surface area contributed by atoms with Crippen LogP contribution >= 0.6 is 0 Å². The first kappa shape index (κ1) is 15.2. The molecule has 8 heteroatoms. The van der Waals surface area contributed by atoms with Gasteiger partial charge in [0.2, 0.25) is 0 Å². The predicted octanol–water partition coefficient (Wildman–Crippen LogP) is 3.31. The number of alkyl halides is 3. The lowest BCUT2D eigenvalue weighted by molar-refractivity contribution is -0.274. The summed E-state index contributed by atoms with van der Waals surface area (Å²) in [6, 6.07) is 3.61. The van der Waals surface area contributed by atoms with Crippen molar-refractivity contribution in [2.24, 2.45) is 5.73 Å². The average molecular weight is 304 g/mol. The maximum absolute atomic E-state index is 13.8. The zero-order valence-electron chi connectivity index (χ0n) is 10.4. The van der Waals surface area contributed by atoms with Gasteiger partial charge in [-0.25, -0.2) is 8.78 Å².